The van der Waals surface area contributed by atoms with Gasteiger partial charge in [0, 0.05) is 6.42 Å². The number of hydroxylamine groups is 1. The van der Waals surface area contributed by atoms with E-state index in [0.29, 0.717) is 5.56 Å². The summed E-state index contributed by atoms with van der Waals surface area (Å²) in [5.41, 5.74) is 22.9. The first-order chi connectivity index (χ1) is 16.9. The third-order valence-electron chi connectivity index (χ3n) is 4.33. The molecular weight excluding hydrogens is 490 g/mol. The average Bonchev–Trinajstić information content (AvgIpc) is 2.78. The van der Waals surface area contributed by atoms with Crippen molar-refractivity contribution < 1.29 is 58.0 Å². The molecule has 0 spiro atoms. The summed E-state index contributed by atoms with van der Waals surface area (Å²) in [4.78, 5) is 62.4. The molecule has 200 valence electrons. The highest BCUT2D eigenvalue weighted by molar-refractivity contribution is 5.73. The highest BCUT2D eigenvalue weighted by Gasteiger charge is 2.44. The summed E-state index contributed by atoms with van der Waals surface area (Å²) in [5, 5.41) is 19.0. The summed E-state index contributed by atoms with van der Waals surface area (Å²) in [6.07, 6.45) is -13.3. The van der Waals surface area contributed by atoms with Crippen LogP contribution in [0.3, 0.4) is 0 Å². The summed E-state index contributed by atoms with van der Waals surface area (Å²) in [5.74, 6) is -1.30. The SMILES string of the molecule is NC(=O)O[C@@H]([C@H](OC(N)=O)[C@@H](CON[C@@H](Cc1ccccc1)C(=O)O)OC(N)=O)[C@@H](CO)OC(N)=O. The van der Waals surface area contributed by atoms with Crippen molar-refractivity contribution in [3.8, 4) is 0 Å². The van der Waals surface area contributed by atoms with Crippen LogP contribution in [-0.2, 0) is 35.0 Å². The van der Waals surface area contributed by atoms with E-state index in [0.717, 1.165) is 0 Å². The van der Waals surface area contributed by atoms with Gasteiger partial charge in [0.25, 0.3) is 0 Å². The topological polar surface area (TPSA) is 288 Å². The number of hydrogen-bond acceptors (Lipinski definition) is 12. The van der Waals surface area contributed by atoms with Gasteiger partial charge in [-0.25, -0.2) is 19.2 Å². The minimum Gasteiger partial charge on any atom is -0.480 e. The van der Waals surface area contributed by atoms with Crippen molar-refractivity contribution in [1.29, 1.82) is 0 Å². The molecule has 0 aliphatic heterocycles. The van der Waals surface area contributed by atoms with Gasteiger partial charge in [0.15, 0.2) is 24.4 Å². The van der Waals surface area contributed by atoms with E-state index in [9.17, 15) is 34.2 Å². The Morgan fingerprint density at radius 2 is 1.25 bits per heavy atom. The largest absolute Gasteiger partial charge is 0.480 e. The van der Waals surface area contributed by atoms with Crippen LogP contribution in [0.4, 0.5) is 19.2 Å². The molecule has 0 saturated carbocycles. The number of ether oxygens (including phenoxy) is 4. The van der Waals surface area contributed by atoms with Gasteiger partial charge in [-0.15, -0.1) is 0 Å². The van der Waals surface area contributed by atoms with Crippen molar-refractivity contribution in [2.45, 2.75) is 36.9 Å². The van der Waals surface area contributed by atoms with Crippen molar-refractivity contribution in [2.24, 2.45) is 22.9 Å². The number of carbonyl (C=O) groups is 5. The molecule has 0 unspecified atom stereocenters. The molecule has 0 aliphatic rings. The zero-order chi connectivity index (χ0) is 27.3. The average molecular weight is 517 g/mol. The van der Waals surface area contributed by atoms with Crippen LogP contribution in [0.1, 0.15) is 5.56 Å². The quantitative estimate of drug-likeness (QED) is 0.0984. The number of hydrogen-bond donors (Lipinski definition) is 7. The van der Waals surface area contributed by atoms with Crippen LogP contribution in [0.5, 0.6) is 0 Å². The Morgan fingerprint density at radius 3 is 1.69 bits per heavy atom. The Kier molecular flexibility index (Phi) is 12.2. The van der Waals surface area contributed by atoms with Gasteiger partial charge in [0.05, 0.1) is 6.61 Å². The maximum atomic E-state index is 11.6. The van der Waals surface area contributed by atoms with Gasteiger partial charge < -0.3 is 52.1 Å². The predicted molar refractivity (Wildman–Crippen MR) is 116 cm³/mol. The Labute approximate surface area is 203 Å². The summed E-state index contributed by atoms with van der Waals surface area (Å²) >= 11 is 0. The molecule has 5 atom stereocenters. The van der Waals surface area contributed by atoms with E-state index in [1.54, 1.807) is 30.3 Å². The van der Waals surface area contributed by atoms with Gasteiger partial charge >= 0.3 is 30.3 Å². The lowest BCUT2D eigenvalue weighted by Gasteiger charge is -2.34. The monoisotopic (exact) mass is 517 g/mol. The number of rotatable bonds is 15. The molecule has 0 fully saturated rings. The van der Waals surface area contributed by atoms with Crippen LogP contribution < -0.4 is 28.4 Å². The number of carbonyl (C=O) groups excluding carboxylic acids is 4. The predicted octanol–water partition coefficient (Wildman–Crippen LogP) is -1.95. The first-order valence-corrected chi connectivity index (χ1v) is 10.0. The van der Waals surface area contributed by atoms with E-state index < -0.39 is 74.0 Å². The molecule has 36 heavy (non-hydrogen) atoms. The van der Waals surface area contributed by atoms with E-state index in [2.05, 4.69) is 10.2 Å². The molecule has 4 amide bonds. The molecule has 0 aliphatic carbocycles. The zero-order valence-corrected chi connectivity index (χ0v) is 18.7. The Hall–Kier alpha value is -4.35. The lowest BCUT2D eigenvalue weighted by atomic mass is 10.0. The Bertz CT molecular complexity index is 902. The van der Waals surface area contributed by atoms with E-state index in [1.807, 2.05) is 0 Å². The maximum absolute atomic E-state index is 11.6. The number of nitrogens with two attached hydrogens (primary N) is 4. The molecule has 1 rings (SSSR count). The van der Waals surface area contributed by atoms with Crippen LogP contribution in [0.25, 0.3) is 0 Å². The molecule has 1 aromatic carbocycles. The zero-order valence-electron chi connectivity index (χ0n) is 18.7. The molecular formula is C19H27N5O12. The second-order valence-electron chi connectivity index (χ2n) is 6.95. The summed E-state index contributed by atoms with van der Waals surface area (Å²) in [6, 6.07) is 7.18. The van der Waals surface area contributed by atoms with Crippen LogP contribution >= 0.6 is 0 Å². The summed E-state index contributed by atoms with van der Waals surface area (Å²) in [6.45, 7) is -1.83. The number of primary amides is 4. The van der Waals surface area contributed by atoms with E-state index in [-0.39, 0.29) is 6.42 Å². The summed E-state index contributed by atoms with van der Waals surface area (Å²) < 4.78 is 19.1. The molecule has 17 nitrogen and oxygen atoms in total. The number of benzene rings is 1. The number of nitrogens with one attached hydrogen (secondary N) is 1. The minimum atomic E-state index is -1.95. The molecule has 0 aromatic heterocycles. The number of amides is 4. The van der Waals surface area contributed by atoms with Crippen LogP contribution in [0.15, 0.2) is 30.3 Å². The Balaban J connectivity index is 3.17. The lowest BCUT2D eigenvalue weighted by molar-refractivity contribution is -0.152. The van der Waals surface area contributed by atoms with Crippen molar-refractivity contribution in [2.75, 3.05) is 13.2 Å². The number of aliphatic hydroxyl groups is 1. The van der Waals surface area contributed by atoms with Gasteiger partial charge in [-0.1, -0.05) is 30.3 Å². The first-order valence-electron chi connectivity index (χ1n) is 10.0. The van der Waals surface area contributed by atoms with Crippen LogP contribution in [0, 0.1) is 0 Å². The van der Waals surface area contributed by atoms with Gasteiger partial charge in [0.1, 0.15) is 12.6 Å². The molecule has 0 bridgehead atoms. The van der Waals surface area contributed by atoms with Crippen molar-refractivity contribution in [3.05, 3.63) is 35.9 Å². The van der Waals surface area contributed by atoms with Crippen molar-refractivity contribution >= 4 is 30.3 Å². The highest BCUT2D eigenvalue weighted by atomic mass is 16.7. The summed E-state index contributed by atoms with van der Waals surface area (Å²) in [7, 11) is 0. The smallest absolute Gasteiger partial charge is 0.405 e. The van der Waals surface area contributed by atoms with Crippen LogP contribution in [-0.4, -0.2) is 84.2 Å². The van der Waals surface area contributed by atoms with E-state index >= 15 is 0 Å². The van der Waals surface area contributed by atoms with Crippen molar-refractivity contribution in [1.82, 2.24) is 5.48 Å². The number of carboxylic acids is 1. The standard InChI is InChI=1S/C19H27N5O12/c20-16(28)33-11(7-25)13(35-18(22)30)14(36-19(23)31)12(34-17(21)29)8-32-24-10(15(26)27)6-9-4-2-1-3-5-9/h1-5,10-14,24-25H,6-8H2,(H2,20,28)(H2,21,29)(H2,22,30)(H2,23,31)(H,26,27)/t10-,11+,12+,13+,14+/m0/s1. The third-order valence-corrected chi connectivity index (χ3v) is 4.33. The fraction of sp³-hybridized carbons (Fsp3) is 0.421. The highest BCUT2D eigenvalue weighted by Crippen LogP contribution is 2.19. The van der Waals surface area contributed by atoms with Gasteiger partial charge in [0.2, 0.25) is 0 Å². The fourth-order valence-corrected chi connectivity index (χ4v) is 2.94. The first kappa shape index (κ1) is 29.7. The number of carboxylic acid groups (broad SMARTS) is 1. The molecule has 17 heteroatoms. The van der Waals surface area contributed by atoms with Crippen molar-refractivity contribution in [3.63, 3.8) is 0 Å². The minimum absolute atomic E-state index is 0.0226. The molecule has 0 saturated heterocycles. The fourth-order valence-electron chi connectivity index (χ4n) is 2.94. The maximum Gasteiger partial charge on any atom is 0.405 e. The van der Waals surface area contributed by atoms with Crippen LogP contribution in [0.2, 0.25) is 0 Å². The molecule has 1 aromatic rings. The van der Waals surface area contributed by atoms with E-state index in [4.69, 9.17) is 42.0 Å². The Morgan fingerprint density at radius 1 is 0.778 bits per heavy atom. The van der Waals surface area contributed by atoms with Gasteiger partial charge in [-0.3, -0.25) is 9.63 Å². The lowest BCUT2D eigenvalue weighted by Crippen LogP contribution is -2.56. The molecule has 0 radical (unpaired) electrons. The van der Waals surface area contributed by atoms with E-state index in [1.165, 1.54) is 0 Å². The second-order valence-corrected chi connectivity index (χ2v) is 6.95. The van der Waals surface area contributed by atoms with Gasteiger partial charge in [-0.2, -0.15) is 5.48 Å². The van der Waals surface area contributed by atoms with Gasteiger partial charge in [-0.05, 0) is 5.56 Å². The number of aliphatic hydroxyl groups excluding tert-OH is 1. The molecule has 0 heterocycles. The molecule has 11 N–H and O–H groups in total. The third kappa shape index (κ3) is 10.7. The second kappa shape index (κ2) is 14.8. The normalized spacial score (nSPS) is 14.8. The number of aliphatic carboxylic acids is 1.